The summed E-state index contributed by atoms with van der Waals surface area (Å²) in [5.74, 6) is 2.51. The first-order valence-electron chi connectivity index (χ1n) is 15.7. The molecule has 50 heavy (non-hydrogen) atoms. The van der Waals surface area contributed by atoms with Crippen LogP contribution in [0.3, 0.4) is 0 Å². The number of phenols is 1. The zero-order valence-corrected chi connectivity index (χ0v) is 30.0. The molecule has 3 aromatic carbocycles. The molecule has 0 saturated carbocycles. The predicted molar refractivity (Wildman–Crippen MR) is 199 cm³/mol. The third-order valence-electron chi connectivity index (χ3n) is 7.79. The lowest BCUT2D eigenvalue weighted by Gasteiger charge is -2.20. The Kier molecular flexibility index (Phi) is 10.9. The van der Waals surface area contributed by atoms with E-state index in [1.54, 1.807) is 40.3 Å². The highest BCUT2D eigenvalue weighted by Gasteiger charge is 2.26. The fourth-order valence-corrected chi connectivity index (χ4v) is 7.25. The second kappa shape index (κ2) is 15.5. The average molecular weight is 730 g/mol. The Hall–Kier alpha value is -4.69. The summed E-state index contributed by atoms with van der Waals surface area (Å²) >= 11 is 9.35. The molecule has 6 aromatic rings. The van der Waals surface area contributed by atoms with E-state index in [4.69, 9.17) is 26.5 Å². The van der Waals surface area contributed by atoms with Gasteiger partial charge >= 0.3 is 6.03 Å². The average Bonchev–Trinajstić information content (AvgIpc) is 3.73. The third-order valence-corrected chi connectivity index (χ3v) is 10.2. The summed E-state index contributed by atoms with van der Waals surface area (Å²) in [6.45, 7) is 4.61. The van der Waals surface area contributed by atoms with Crippen LogP contribution in [0.25, 0.3) is 22.7 Å². The van der Waals surface area contributed by atoms with Crippen LogP contribution in [0.4, 0.5) is 10.6 Å². The van der Waals surface area contributed by atoms with Crippen LogP contribution in [0.5, 0.6) is 11.5 Å². The molecular formula is C36H36ClN7O4S2. The van der Waals surface area contributed by atoms with Crippen LogP contribution in [0, 0.1) is 0 Å². The number of carbonyl (C=O) groups is 1. The molecule has 258 valence electrons. The van der Waals surface area contributed by atoms with Crippen LogP contribution in [0.15, 0.2) is 101 Å². The number of aromatic nitrogens is 5. The molecule has 0 unspecified atom stereocenters. The van der Waals surface area contributed by atoms with Crippen molar-refractivity contribution in [1.82, 2.24) is 29.7 Å². The van der Waals surface area contributed by atoms with Gasteiger partial charge in [-0.2, -0.15) is 16.9 Å². The molecule has 0 saturated heterocycles. The van der Waals surface area contributed by atoms with E-state index in [0.717, 1.165) is 32.4 Å². The number of carbonyl (C=O) groups excluding carboxylic acids is 1. The fraction of sp³-hybridized carbons (Fsp3) is 0.222. The van der Waals surface area contributed by atoms with Gasteiger partial charge in [0.05, 0.1) is 23.0 Å². The minimum atomic E-state index is -0.404. The molecule has 4 N–H and O–H groups in total. The van der Waals surface area contributed by atoms with Gasteiger partial charge in [-0.15, -0.1) is 10.2 Å². The van der Waals surface area contributed by atoms with Gasteiger partial charge in [0.15, 0.2) is 11.5 Å². The van der Waals surface area contributed by atoms with Gasteiger partial charge in [-0.3, -0.25) is 9.72 Å². The molecule has 6 rings (SSSR count). The van der Waals surface area contributed by atoms with Crippen molar-refractivity contribution in [3.63, 3.8) is 0 Å². The van der Waals surface area contributed by atoms with Crippen LogP contribution in [0.1, 0.15) is 25.1 Å². The molecule has 14 heteroatoms. The largest absolute Gasteiger partial charge is 0.506 e. The van der Waals surface area contributed by atoms with E-state index in [1.807, 2.05) is 83.6 Å². The quantitative estimate of drug-likeness (QED) is 0.0956. The van der Waals surface area contributed by atoms with Crippen molar-refractivity contribution in [3.8, 4) is 28.6 Å². The first-order chi connectivity index (χ1) is 24.1. The number of rotatable bonds is 13. The molecule has 0 aliphatic carbocycles. The van der Waals surface area contributed by atoms with E-state index in [2.05, 4.69) is 34.7 Å². The summed E-state index contributed by atoms with van der Waals surface area (Å²) in [4.78, 5) is 15.3. The number of aromatic hydroxyl groups is 1. The second-order valence-corrected chi connectivity index (χ2v) is 14.4. The number of fused-ring (bicyclic) bond motifs is 1. The number of aliphatic hydroxyl groups is 1. The molecule has 0 radical (unpaired) electrons. The number of halogens is 1. The molecule has 0 aliphatic heterocycles. The second-order valence-electron chi connectivity index (χ2n) is 12.0. The highest BCUT2D eigenvalue weighted by atomic mass is 35.5. The molecule has 0 fully saturated rings. The number of aliphatic hydroxyl groups excluding tert-OH is 1. The Morgan fingerprint density at radius 2 is 1.86 bits per heavy atom. The highest BCUT2D eigenvalue weighted by Crippen LogP contribution is 2.34. The van der Waals surface area contributed by atoms with Crippen LogP contribution in [0.2, 0.25) is 5.02 Å². The molecule has 0 bridgehead atoms. The summed E-state index contributed by atoms with van der Waals surface area (Å²) in [7, 11) is 0. The van der Waals surface area contributed by atoms with Crippen LogP contribution in [-0.4, -0.2) is 65.8 Å². The maximum absolute atomic E-state index is 13.3. The Bertz CT molecular complexity index is 2140. The van der Waals surface area contributed by atoms with Crippen molar-refractivity contribution in [3.05, 3.63) is 107 Å². The van der Waals surface area contributed by atoms with Crippen molar-refractivity contribution in [2.45, 2.75) is 35.6 Å². The zero-order valence-electron chi connectivity index (χ0n) is 27.6. The maximum Gasteiger partial charge on any atom is 0.320 e. The summed E-state index contributed by atoms with van der Waals surface area (Å²) in [6, 6.07) is 25.6. The summed E-state index contributed by atoms with van der Waals surface area (Å²) < 4.78 is 9.12. The number of pyridine rings is 1. The number of urea groups is 1. The van der Waals surface area contributed by atoms with E-state index in [-0.39, 0.29) is 35.9 Å². The van der Waals surface area contributed by atoms with Gasteiger partial charge < -0.3 is 20.3 Å². The Balaban J connectivity index is 1.19. The third kappa shape index (κ3) is 8.02. The number of thioether (sulfide) groups is 1. The van der Waals surface area contributed by atoms with E-state index in [0.29, 0.717) is 28.7 Å². The SMILES string of the molecule is CSCC(C)(C)c1cc(NC(=O)NCc2ccccc2Sc2ccc3nnc(-c4cccc(OCCO)c4)n3c2)n(-c2ccc(Cl)c(O)c2)n1. The van der Waals surface area contributed by atoms with Crippen LogP contribution < -0.4 is 15.4 Å². The van der Waals surface area contributed by atoms with Gasteiger partial charge in [-0.05, 0) is 54.3 Å². The molecule has 0 aliphatic rings. The van der Waals surface area contributed by atoms with Gasteiger partial charge in [0.2, 0.25) is 0 Å². The van der Waals surface area contributed by atoms with E-state index in [1.165, 1.54) is 6.07 Å². The van der Waals surface area contributed by atoms with E-state index >= 15 is 0 Å². The van der Waals surface area contributed by atoms with Crippen LogP contribution >= 0.6 is 35.1 Å². The molecule has 11 nitrogen and oxygen atoms in total. The number of phenolic OH excluding ortho intramolecular Hbond substituents is 1. The number of hydrogen-bond donors (Lipinski definition) is 4. The number of nitrogens with one attached hydrogen (secondary N) is 2. The first-order valence-corrected chi connectivity index (χ1v) is 18.3. The molecule has 0 atom stereocenters. The topological polar surface area (TPSA) is 139 Å². The van der Waals surface area contributed by atoms with E-state index < -0.39 is 6.03 Å². The Morgan fingerprint density at radius 3 is 2.66 bits per heavy atom. The number of amides is 2. The normalized spacial score (nSPS) is 11.5. The van der Waals surface area contributed by atoms with E-state index in [9.17, 15) is 9.90 Å². The number of ether oxygens (including phenoxy) is 1. The van der Waals surface area contributed by atoms with Gasteiger partial charge in [0.1, 0.15) is 23.9 Å². The number of hydrogen-bond acceptors (Lipinski definition) is 9. The van der Waals surface area contributed by atoms with Crippen molar-refractivity contribution in [1.29, 1.82) is 0 Å². The highest BCUT2D eigenvalue weighted by molar-refractivity contribution is 7.99. The van der Waals surface area contributed by atoms with Crippen LogP contribution in [-0.2, 0) is 12.0 Å². The predicted octanol–water partition coefficient (Wildman–Crippen LogP) is 7.43. The standard InChI is InChI=1S/C36H36ClN7O4S2/c1-36(2,22-49-3)31-19-33(44(42-31)25-11-13-28(37)29(46)18-25)39-35(47)38-20-24-7-4-5-10-30(24)50-27-12-14-32-40-41-34(43(32)21-27)23-8-6-9-26(17-23)48-16-15-45/h4-14,17-19,21,45-46H,15-16,20,22H2,1-3H3,(H2,38,39,47). The lowest BCUT2D eigenvalue weighted by Crippen LogP contribution is -2.29. The summed E-state index contributed by atoms with van der Waals surface area (Å²) in [5.41, 5.74) is 3.56. The van der Waals surface area contributed by atoms with Gasteiger partial charge in [-0.25, -0.2) is 9.48 Å². The molecule has 3 aromatic heterocycles. The lowest BCUT2D eigenvalue weighted by molar-refractivity contribution is 0.201. The van der Waals surface area contributed by atoms with Crippen molar-refractivity contribution < 1.29 is 19.7 Å². The van der Waals surface area contributed by atoms with Gasteiger partial charge in [0.25, 0.3) is 0 Å². The van der Waals surface area contributed by atoms with Crippen molar-refractivity contribution in [2.75, 3.05) is 30.5 Å². The smallest absolute Gasteiger partial charge is 0.320 e. The summed E-state index contributed by atoms with van der Waals surface area (Å²) in [6.07, 6.45) is 4.03. The fourth-order valence-electron chi connectivity index (χ4n) is 5.29. The molecule has 3 heterocycles. The first kappa shape index (κ1) is 35.1. The minimum absolute atomic E-state index is 0.0692. The number of anilines is 1. The van der Waals surface area contributed by atoms with Crippen molar-refractivity contribution >= 4 is 52.6 Å². The van der Waals surface area contributed by atoms with Crippen molar-refractivity contribution in [2.24, 2.45) is 0 Å². The monoisotopic (exact) mass is 729 g/mol. The molecule has 0 spiro atoms. The molecule has 2 amide bonds. The lowest BCUT2D eigenvalue weighted by atomic mass is 9.92. The maximum atomic E-state index is 13.3. The van der Waals surface area contributed by atoms with Gasteiger partial charge in [-0.1, -0.05) is 67.5 Å². The summed E-state index contributed by atoms with van der Waals surface area (Å²) in [5, 5.41) is 39.1. The zero-order chi connectivity index (χ0) is 35.3. The molecular weight excluding hydrogens is 694 g/mol. The van der Waals surface area contributed by atoms with Gasteiger partial charge in [0, 0.05) is 51.4 Å². The number of benzene rings is 3. The minimum Gasteiger partial charge on any atom is -0.506 e. The number of nitrogens with zero attached hydrogens (tertiary/aromatic N) is 5. The Morgan fingerprint density at radius 1 is 1.02 bits per heavy atom. The Labute approximate surface area is 303 Å².